The van der Waals surface area contributed by atoms with Crippen molar-refractivity contribution in [1.82, 2.24) is 0 Å². The van der Waals surface area contributed by atoms with Crippen molar-refractivity contribution in [2.24, 2.45) is 5.14 Å². The molecule has 2 rings (SSSR count). The second kappa shape index (κ2) is 5.58. The van der Waals surface area contributed by atoms with E-state index in [1.54, 1.807) is 13.0 Å². The molecular formula is C11H11ClN2O4S3. The van der Waals surface area contributed by atoms with Crippen molar-refractivity contribution in [3.63, 3.8) is 0 Å². The molecule has 3 N–H and O–H groups in total. The van der Waals surface area contributed by atoms with E-state index in [9.17, 15) is 16.8 Å². The highest BCUT2D eigenvalue weighted by Gasteiger charge is 2.19. The van der Waals surface area contributed by atoms with Crippen LogP contribution >= 0.6 is 22.9 Å². The maximum absolute atomic E-state index is 12.2. The summed E-state index contributed by atoms with van der Waals surface area (Å²) in [5.74, 6) is 0. The fourth-order valence-electron chi connectivity index (χ4n) is 1.51. The lowest BCUT2D eigenvalue weighted by Crippen LogP contribution is -2.15. The van der Waals surface area contributed by atoms with Crippen LogP contribution in [0.2, 0.25) is 5.02 Å². The van der Waals surface area contributed by atoms with E-state index in [1.165, 1.54) is 18.2 Å². The van der Waals surface area contributed by atoms with Gasteiger partial charge in [0.25, 0.3) is 10.0 Å². The molecule has 0 amide bonds. The van der Waals surface area contributed by atoms with Crippen molar-refractivity contribution in [3.8, 4) is 0 Å². The number of sulfonamides is 2. The minimum absolute atomic E-state index is 0.0470. The molecule has 21 heavy (non-hydrogen) atoms. The Morgan fingerprint density at radius 1 is 1.14 bits per heavy atom. The molecule has 0 fully saturated rings. The third-order valence-corrected chi connectivity index (χ3v) is 6.59. The molecule has 1 aromatic heterocycles. The number of aryl methyl sites for hydroxylation is 1. The van der Waals surface area contributed by atoms with Gasteiger partial charge in [0.2, 0.25) is 10.0 Å². The Labute approximate surface area is 131 Å². The Bertz CT molecular complexity index is 888. The average molecular weight is 367 g/mol. The van der Waals surface area contributed by atoms with E-state index in [-0.39, 0.29) is 19.8 Å². The van der Waals surface area contributed by atoms with E-state index < -0.39 is 20.0 Å². The van der Waals surface area contributed by atoms with Crippen molar-refractivity contribution >= 4 is 48.7 Å². The van der Waals surface area contributed by atoms with Crippen LogP contribution in [0.15, 0.2) is 39.4 Å². The maximum Gasteiger partial charge on any atom is 0.271 e. The lowest BCUT2D eigenvalue weighted by molar-refractivity contribution is 0.596. The summed E-state index contributed by atoms with van der Waals surface area (Å²) in [5.41, 5.74) is -0.0470. The molecule has 6 nitrogen and oxygen atoms in total. The second-order valence-electron chi connectivity index (χ2n) is 4.16. The Balaban J connectivity index is 2.44. The highest BCUT2D eigenvalue weighted by Crippen LogP contribution is 2.29. The van der Waals surface area contributed by atoms with Crippen LogP contribution in [0.3, 0.4) is 0 Å². The number of nitrogens with one attached hydrogen (secondary N) is 1. The second-order valence-corrected chi connectivity index (χ2v) is 9.32. The van der Waals surface area contributed by atoms with Crippen LogP contribution in [-0.2, 0) is 20.0 Å². The first-order chi connectivity index (χ1) is 9.59. The minimum Gasteiger partial charge on any atom is -0.277 e. The normalized spacial score (nSPS) is 12.3. The van der Waals surface area contributed by atoms with Crippen molar-refractivity contribution in [3.05, 3.63) is 40.2 Å². The number of hydrogen-bond acceptors (Lipinski definition) is 5. The smallest absolute Gasteiger partial charge is 0.271 e. The van der Waals surface area contributed by atoms with Crippen molar-refractivity contribution < 1.29 is 16.8 Å². The van der Waals surface area contributed by atoms with Gasteiger partial charge in [-0.05, 0) is 37.3 Å². The van der Waals surface area contributed by atoms with Gasteiger partial charge < -0.3 is 0 Å². The molecule has 10 heteroatoms. The topological polar surface area (TPSA) is 106 Å². The van der Waals surface area contributed by atoms with Crippen LogP contribution in [0.25, 0.3) is 0 Å². The first-order valence-corrected chi connectivity index (χ1v) is 9.73. The summed E-state index contributed by atoms with van der Waals surface area (Å²) in [6, 6.07) is 6.67. The lowest BCUT2D eigenvalue weighted by Gasteiger charge is -2.09. The molecule has 2 aromatic rings. The molecule has 0 aliphatic heterocycles. The number of hydrogen-bond donors (Lipinski definition) is 2. The Kier molecular flexibility index (Phi) is 4.31. The van der Waals surface area contributed by atoms with E-state index in [2.05, 4.69) is 4.72 Å². The van der Waals surface area contributed by atoms with Crippen molar-refractivity contribution in [2.75, 3.05) is 4.72 Å². The van der Waals surface area contributed by atoms with Gasteiger partial charge in [-0.2, -0.15) is 0 Å². The standard InChI is InChI=1S/C11H11ClN2O4S3/c1-7-2-5-11(19-7)21(17,18)14-10-6-8(20(13,15)16)3-4-9(10)12/h2-6,14H,1H3,(H2,13,15,16). The summed E-state index contributed by atoms with van der Waals surface area (Å²) in [7, 11) is -7.78. The molecule has 1 heterocycles. The third kappa shape index (κ3) is 3.74. The average Bonchev–Trinajstić information content (AvgIpc) is 2.78. The van der Waals surface area contributed by atoms with E-state index in [1.807, 2.05) is 0 Å². The molecule has 0 aliphatic carbocycles. The van der Waals surface area contributed by atoms with Crippen molar-refractivity contribution in [2.45, 2.75) is 16.0 Å². The third-order valence-electron chi connectivity index (χ3n) is 2.49. The number of halogens is 1. The summed E-state index contributed by atoms with van der Waals surface area (Å²) in [5, 5.41) is 5.08. The molecule has 0 atom stereocenters. The van der Waals surface area contributed by atoms with Gasteiger partial charge in [0.05, 0.1) is 15.6 Å². The van der Waals surface area contributed by atoms with Crippen molar-refractivity contribution in [1.29, 1.82) is 0 Å². The van der Waals surface area contributed by atoms with Gasteiger partial charge in [-0.15, -0.1) is 11.3 Å². The molecule has 0 radical (unpaired) electrons. The highest BCUT2D eigenvalue weighted by atomic mass is 35.5. The molecule has 0 saturated carbocycles. The summed E-state index contributed by atoms with van der Waals surface area (Å²) < 4.78 is 49.3. The first kappa shape index (κ1) is 16.2. The predicted octanol–water partition coefficient (Wildman–Crippen LogP) is 2.16. The van der Waals surface area contributed by atoms with E-state index in [4.69, 9.17) is 16.7 Å². The van der Waals surface area contributed by atoms with Gasteiger partial charge in [0.1, 0.15) is 4.21 Å². The SMILES string of the molecule is Cc1ccc(S(=O)(=O)Nc2cc(S(N)(=O)=O)ccc2Cl)s1. The molecule has 0 aliphatic rings. The predicted molar refractivity (Wildman–Crippen MR) is 82.7 cm³/mol. The lowest BCUT2D eigenvalue weighted by atomic mass is 10.3. The van der Waals surface area contributed by atoms with Crippen LogP contribution in [0.5, 0.6) is 0 Å². The minimum atomic E-state index is -3.95. The summed E-state index contributed by atoms with van der Waals surface area (Å²) >= 11 is 6.98. The monoisotopic (exact) mass is 366 g/mol. The quantitative estimate of drug-likeness (QED) is 0.864. The zero-order valence-corrected chi connectivity index (χ0v) is 13.9. The fraction of sp³-hybridized carbons (Fsp3) is 0.0909. The van der Waals surface area contributed by atoms with Crippen LogP contribution in [0.1, 0.15) is 4.88 Å². The molecule has 0 bridgehead atoms. The van der Waals surface area contributed by atoms with Crippen LogP contribution in [0.4, 0.5) is 5.69 Å². The number of anilines is 1. The number of rotatable bonds is 4. The Morgan fingerprint density at radius 3 is 2.33 bits per heavy atom. The molecule has 0 unspecified atom stereocenters. The van der Waals surface area contributed by atoms with Gasteiger partial charge in [-0.1, -0.05) is 11.6 Å². The van der Waals surface area contributed by atoms with Gasteiger partial charge in [0.15, 0.2) is 0 Å². The molecule has 114 valence electrons. The highest BCUT2D eigenvalue weighted by molar-refractivity contribution is 7.94. The van der Waals surface area contributed by atoms with Crippen LogP contribution in [-0.4, -0.2) is 16.8 Å². The number of primary sulfonamides is 1. The largest absolute Gasteiger partial charge is 0.277 e. The molecular weight excluding hydrogens is 356 g/mol. The van der Waals surface area contributed by atoms with Crippen LogP contribution in [0, 0.1) is 6.92 Å². The molecule has 0 saturated heterocycles. The van der Waals surface area contributed by atoms with E-state index >= 15 is 0 Å². The molecule has 1 aromatic carbocycles. The Morgan fingerprint density at radius 2 is 1.81 bits per heavy atom. The zero-order chi connectivity index (χ0) is 15.8. The number of benzene rings is 1. The summed E-state index contributed by atoms with van der Waals surface area (Å²) in [4.78, 5) is 0.603. The summed E-state index contributed by atoms with van der Waals surface area (Å²) in [6.07, 6.45) is 0. The Hall–Kier alpha value is -1.13. The number of thiophene rings is 1. The van der Waals surface area contributed by atoms with Gasteiger partial charge in [-0.3, -0.25) is 4.72 Å². The fourth-order valence-corrected chi connectivity index (χ4v) is 4.63. The van der Waals surface area contributed by atoms with Gasteiger partial charge in [0, 0.05) is 4.88 Å². The van der Waals surface area contributed by atoms with E-state index in [0.29, 0.717) is 0 Å². The van der Waals surface area contributed by atoms with Gasteiger partial charge in [-0.25, -0.2) is 22.0 Å². The zero-order valence-electron chi connectivity index (χ0n) is 10.7. The maximum atomic E-state index is 12.2. The van der Waals surface area contributed by atoms with E-state index in [0.717, 1.165) is 22.3 Å². The first-order valence-electron chi connectivity index (χ1n) is 5.51. The molecule has 0 spiro atoms. The summed E-state index contributed by atoms with van der Waals surface area (Å²) in [6.45, 7) is 1.78. The number of nitrogens with two attached hydrogens (primary N) is 1. The van der Waals surface area contributed by atoms with Crippen LogP contribution < -0.4 is 9.86 Å². The van der Waals surface area contributed by atoms with Gasteiger partial charge >= 0.3 is 0 Å².